The number of anilines is 1. The van der Waals surface area contributed by atoms with E-state index in [-0.39, 0.29) is 18.7 Å². The first-order valence-electron chi connectivity index (χ1n) is 6.19. The molecule has 0 bridgehead atoms. The average Bonchev–Trinajstić information content (AvgIpc) is 2.73. The molecule has 1 aromatic heterocycles. The fourth-order valence-electron chi connectivity index (χ4n) is 2.25. The summed E-state index contributed by atoms with van der Waals surface area (Å²) in [5.74, 6) is -7.13. The number of carbonyl (C=O) groups is 2. The van der Waals surface area contributed by atoms with Crippen molar-refractivity contribution in [3.8, 4) is 0 Å². The summed E-state index contributed by atoms with van der Waals surface area (Å²) in [6.45, 7) is -0.782. The van der Waals surface area contributed by atoms with Gasteiger partial charge in [-0.3, -0.25) is 4.79 Å². The fraction of sp³-hybridized carbons (Fsp3) is 0.545. The summed E-state index contributed by atoms with van der Waals surface area (Å²) in [4.78, 5) is 25.6. The molecule has 1 aliphatic heterocycles. The topological polar surface area (TPSA) is 84.2 Å². The molecule has 128 valence electrons. The van der Waals surface area contributed by atoms with E-state index in [0.29, 0.717) is 4.57 Å². The number of alkyl halides is 6. The minimum absolute atomic E-state index is 0.125. The number of aromatic carboxylic acids is 1. The Labute approximate surface area is 124 Å². The van der Waals surface area contributed by atoms with Crippen molar-refractivity contribution < 1.29 is 41.0 Å². The summed E-state index contributed by atoms with van der Waals surface area (Å²) >= 11 is 0. The summed E-state index contributed by atoms with van der Waals surface area (Å²) in [5.41, 5.74) is -0.911. The Morgan fingerprint density at radius 3 is 2.30 bits per heavy atom. The molecule has 2 N–H and O–H groups in total. The van der Waals surface area contributed by atoms with Crippen molar-refractivity contribution in [3.05, 3.63) is 11.5 Å². The Hall–Kier alpha value is -2.27. The summed E-state index contributed by atoms with van der Waals surface area (Å²) in [5, 5.41) is 10.3. The molecule has 0 spiro atoms. The van der Waals surface area contributed by atoms with E-state index >= 15 is 0 Å². The van der Waals surface area contributed by atoms with Gasteiger partial charge in [-0.25, -0.2) is 9.78 Å². The zero-order valence-electron chi connectivity index (χ0n) is 11.1. The minimum atomic E-state index is -5.28. The lowest BCUT2D eigenvalue weighted by Crippen LogP contribution is -2.33. The van der Waals surface area contributed by atoms with Gasteiger partial charge < -0.3 is 15.0 Å². The van der Waals surface area contributed by atoms with Crippen LogP contribution in [0.25, 0.3) is 0 Å². The summed E-state index contributed by atoms with van der Waals surface area (Å²) in [6, 6.07) is 0. The van der Waals surface area contributed by atoms with Gasteiger partial charge in [-0.15, -0.1) is 0 Å². The molecule has 0 saturated carbocycles. The van der Waals surface area contributed by atoms with Crippen molar-refractivity contribution >= 4 is 17.7 Å². The van der Waals surface area contributed by atoms with Crippen LogP contribution in [0.2, 0.25) is 0 Å². The molecular weight excluding hydrogens is 336 g/mol. The Morgan fingerprint density at radius 2 is 1.83 bits per heavy atom. The molecule has 2 heterocycles. The second kappa shape index (κ2) is 5.42. The van der Waals surface area contributed by atoms with E-state index in [1.54, 1.807) is 0 Å². The van der Waals surface area contributed by atoms with Crippen molar-refractivity contribution in [2.75, 3.05) is 5.32 Å². The van der Waals surface area contributed by atoms with Crippen molar-refractivity contribution in [1.82, 2.24) is 9.55 Å². The number of hydrogen-bond donors (Lipinski definition) is 2. The molecule has 2 rings (SSSR count). The number of hydrogen-bond acceptors (Lipinski definition) is 3. The predicted molar refractivity (Wildman–Crippen MR) is 61.7 cm³/mol. The second-order valence-electron chi connectivity index (χ2n) is 4.87. The Balaban J connectivity index is 2.39. The van der Waals surface area contributed by atoms with Crippen molar-refractivity contribution in [2.45, 2.75) is 31.7 Å². The Morgan fingerprint density at radius 1 is 1.22 bits per heavy atom. The number of fused-ring (bicyclic) bond motifs is 1. The van der Waals surface area contributed by atoms with Crippen LogP contribution in [-0.4, -0.2) is 38.9 Å². The van der Waals surface area contributed by atoms with Gasteiger partial charge in [-0.05, 0) is 6.42 Å². The molecule has 1 aromatic rings. The molecule has 12 heteroatoms. The SMILES string of the molecule is O=C(O)c1c(NC(=O)C(F)(F)F)nc2n1CC(C(F)(F)F)CC2. The number of imidazole rings is 1. The van der Waals surface area contributed by atoms with Crippen LogP contribution in [0.3, 0.4) is 0 Å². The first kappa shape index (κ1) is 17.1. The van der Waals surface area contributed by atoms with Crippen LogP contribution in [0.15, 0.2) is 0 Å². The molecular formula is C11H9F6N3O3. The standard InChI is InChI=1S/C11H9F6N3O3/c12-10(13,14)4-1-2-5-18-7(19-9(23)11(15,16)17)6(8(21)22)20(5)3-4/h4H,1-3H2,(H,19,23)(H,21,22). The highest BCUT2D eigenvalue weighted by molar-refractivity contribution is 6.00. The van der Waals surface area contributed by atoms with Gasteiger partial charge in [0, 0.05) is 13.0 Å². The van der Waals surface area contributed by atoms with E-state index in [9.17, 15) is 35.9 Å². The summed E-state index contributed by atoms with van der Waals surface area (Å²) in [7, 11) is 0. The van der Waals surface area contributed by atoms with E-state index in [4.69, 9.17) is 5.11 Å². The van der Waals surface area contributed by atoms with Gasteiger partial charge in [0.1, 0.15) is 5.82 Å². The lowest BCUT2D eigenvalue weighted by molar-refractivity contribution is -0.182. The number of carboxylic acid groups (broad SMARTS) is 1. The van der Waals surface area contributed by atoms with Crippen LogP contribution in [0.1, 0.15) is 22.7 Å². The van der Waals surface area contributed by atoms with Crippen molar-refractivity contribution in [2.24, 2.45) is 5.92 Å². The first-order valence-corrected chi connectivity index (χ1v) is 6.19. The fourth-order valence-corrected chi connectivity index (χ4v) is 2.25. The molecule has 1 unspecified atom stereocenters. The van der Waals surface area contributed by atoms with Gasteiger partial charge in [-0.1, -0.05) is 0 Å². The molecule has 1 aliphatic rings. The van der Waals surface area contributed by atoms with Crippen LogP contribution >= 0.6 is 0 Å². The minimum Gasteiger partial charge on any atom is -0.476 e. The van der Waals surface area contributed by atoms with Gasteiger partial charge in [0.2, 0.25) is 0 Å². The predicted octanol–water partition coefficient (Wildman–Crippen LogP) is 2.21. The number of rotatable bonds is 2. The molecule has 0 aliphatic carbocycles. The van der Waals surface area contributed by atoms with E-state index < -0.39 is 48.2 Å². The maximum Gasteiger partial charge on any atom is 0.471 e. The van der Waals surface area contributed by atoms with Gasteiger partial charge in [-0.2, -0.15) is 26.3 Å². The largest absolute Gasteiger partial charge is 0.476 e. The van der Waals surface area contributed by atoms with Gasteiger partial charge in [0.25, 0.3) is 0 Å². The zero-order chi connectivity index (χ0) is 17.6. The first-order chi connectivity index (χ1) is 10.4. The van der Waals surface area contributed by atoms with Gasteiger partial charge in [0.05, 0.1) is 5.92 Å². The third-order valence-electron chi connectivity index (χ3n) is 3.32. The molecule has 1 atom stereocenters. The summed E-state index contributed by atoms with van der Waals surface area (Å²) < 4.78 is 75.6. The molecule has 0 saturated heterocycles. The molecule has 0 aromatic carbocycles. The highest BCUT2D eigenvalue weighted by Gasteiger charge is 2.44. The lowest BCUT2D eigenvalue weighted by atomic mass is 9.99. The highest BCUT2D eigenvalue weighted by atomic mass is 19.4. The number of aromatic nitrogens is 2. The van der Waals surface area contributed by atoms with Crippen LogP contribution in [0.4, 0.5) is 32.2 Å². The number of carboxylic acids is 1. The molecule has 0 fully saturated rings. The maximum absolute atomic E-state index is 12.7. The van der Waals surface area contributed by atoms with Gasteiger partial charge in [0.15, 0.2) is 11.5 Å². The number of halogens is 6. The number of amides is 1. The second-order valence-corrected chi connectivity index (χ2v) is 4.87. The third kappa shape index (κ3) is 3.40. The van der Waals surface area contributed by atoms with Crippen LogP contribution in [0.5, 0.6) is 0 Å². The lowest BCUT2D eigenvalue weighted by Gasteiger charge is -2.26. The Bertz CT molecular complexity index is 649. The van der Waals surface area contributed by atoms with Crippen molar-refractivity contribution in [1.29, 1.82) is 0 Å². The van der Waals surface area contributed by atoms with E-state index in [1.807, 2.05) is 0 Å². The third-order valence-corrected chi connectivity index (χ3v) is 3.32. The zero-order valence-corrected chi connectivity index (χ0v) is 11.1. The number of nitrogens with one attached hydrogen (secondary N) is 1. The van der Waals surface area contributed by atoms with Gasteiger partial charge >= 0.3 is 24.2 Å². The number of aryl methyl sites for hydroxylation is 1. The normalized spacial score (nSPS) is 18.4. The quantitative estimate of drug-likeness (QED) is 0.805. The maximum atomic E-state index is 12.7. The van der Waals surface area contributed by atoms with Crippen molar-refractivity contribution in [3.63, 3.8) is 0 Å². The van der Waals surface area contributed by atoms with E-state index in [0.717, 1.165) is 0 Å². The van der Waals surface area contributed by atoms with Crippen LogP contribution in [-0.2, 0) is 17.8 Å². The number of carbonyl (C=O) groups excluding carboxylic acids is 1. The molecule has 1 amide bonds. The molecule has 6 nitrogen and oxygen atoms in total. The highest BCUT2D eigenvalue weighted by Crippen LogP contribution is 2.36. The van der Waals surface area contributed by atoms with Crippen LogP contribution in [0, 0.1) is 5.92 Å². The van der Waals surface area contributed by atoms with E-state index in [1.165, 1.54) is 5.32 Å². The monoisotopic (exact) mass is 345 g/mol. The smallest absolute Gasteiger partial charge is 0.471 e. The summed E-state index contributed by atoms with van der Waals surface area (Å²) in [6.07, 6.45) is -10.5. The van der Waals surface area contributed by atoms with Crippen LogP contribution < -0.4 is 5.32 Å². The number of nitrogens with zero attached hydrogens (tertiary/aromatic N) is 2. The average molecular weight is 345 g/mol. The molecule has 0 radical (unpaired) electrons. The Kier molecular flexibility index (Phi) is 4.03. The van der Waals surface area contributed by atoms with E-state index in [2.05, 4.69) is 4.98 Å². The molecule has 23 heavy (non-hydrogen) atoms.